The highest BCUT2D eigenvalue weighted by Crippen LogP contribution is 2.16. The Balaban J connectivity index is 2.14. The van der Waals surface area contributed by atoms with Crippen LogP contribution in [0.3, 0.4) is 0 Å². The highest BCUT2D eigenvalue weighted by atomic mass is 32.2. The number of likely N-dealkylation sites (tertiary alicyclic amines) is 1. The van der Waals surface area contributed by atoms with Gasteiger partial charge in [0.25, 0.3) is 10.1 Å². The van der Waals surface area contributed by atoms with Crippen molar-refractivity contribution in [1.82, 2.24) is 4.90 Å². The monoisotopic (exact) mass is 283 g/mol. The van der Waals surface area contributed by atoms with Gasteiger partial charge in [-0.05, 0) is 25.7 Å². The molecule has 1 heterocycles. The Labute approximate surface area is 107 Å². The second-order valence-corrected chi connectivity index (χ2v) is 7.10. The molecule has 1 aliphatic rings. The van der Waals surface area contributed by atoms with E-state index >= 15 is 0 Å². The predicted molar refractivity (Wildman–Crippen MR) is 71.5 cm³/mol. The van der Waals surface area contributed by atoms with Gasteiger partial charge in [0.2, 0.25) is 0 Å². The van der Waals surface area contributed by atoms with Crippen molar-refractivity contribution in [3.05, 3.63) is 0 Å². The van der Waals surface area contributed by atoms with Crippen LogP contribution in [-0.2, 0) is 10.1 Å². The van der Waals surface area contributed by atoms with Crippen molar-refractivity contribution in [3.63, 3.8) is 0 Å². The van der Waals surface area contributed by atoms with Crippen LogP contribution < -0.4 is 0 Å². The van der Waals surface area contributed by atoms with Gasteiger partial charge >= 0.3 is 0 Å². The second kappa shape index (κ2) is 6.78. The molecule has 1 saturated heterocycles. The molecule has 0 aromatic carbocycles. The van der Waals surface area contributed by atoms with Crippen molar-refractivity contribution in [2.75, 3.05) is 24.6 Å². The average Bonchev–Trinajstić information content (AvgIpc) is 2.24. The summed E-state index contributed by atoms with van der Waals surface area (Å²) in [6.45, 7) is 2.04. The van der Waals surface area contributed by atoms with Gasteiger partial charge in [0.1, 0.15) is 4.32 Å². The standard InChI is InChI=1S/C9H17NO3S3/c11-16(12,13)8-4-7-15-9(14)10-5-2-1-3-6-10/h1-8H2,(H,11,12,13). The maximum atomic E-state index is 10.5. The third-order valence-electron chi connectivity index (χ3n) is 2.39. The molecule has 0 amide bonds. The van der Waals surface area contributed by atoms with Crippen molar-refractivity contribution in [3.8, 4) is 0 Å². The first-order valence-corrected chi connectivity index (χ1v) is 8.36. The Morgan fingerprint density at radius 2 is 1.94 bits per heavy atom. The van der Waals surface area contributed by atoms with Crippen LogP contribution in [0.5, 0.6) is 0 Å². The molecule has 0 aromatic heterocycles. The van der Waals surface area contributed by atoms with Crippen LogP contribution in [0.4, 0.5) is 0 Å². The first-order valence-electron chi connectivity index (χ1n) is 5.36. The molecule has 0 saturated carbocycles. The highest BCUT2D eigenvalue weighted by molar-refractivity contribution is 8.22. The Hall–Kier alpha value is 0.150. The number of thioether (sulfide) groups is 1. The minimum Gasteiger partial charge on any atom is -0.358 e. The lowest BCUT2D eigenvalue weighted by Crippen LogP contribution is -2.32. The van der Waals surface area contributed by atoms with E-state index < -0.39 is 10.1 Å². The van der Waals surface area contributed by atoms with E-state index in [1.54, 1.807) is 0 Å². The summed E-state index contributed by atoms with van der Waals surface area (Å²) in [7, 11) is -3.82. The van der Waals surface area contributed by atoms with E-state index in [-0.39, 0.29) is 5.75 Å². The smallest absolute Gasteiger partial charge is 0.264 e. The zero-order valence-corrected chi connectivity index (χ0v) is 11.5. The summed E-state index contributed by atoms with van der Waals surface area (Å²) in [6.07, 6.45) is 4.08. The van der Waals surface area contributed by atoms with Gasteiger partial charge in [-0.25, -0.2) is 0 Å². The van der Waals surface area contributed by atoms with Gasteiger partial charge in [-0.2, -0.15) is 8.42 Å². The van der Waals surface area contributed by atoms with Crippen molar-refractivity contribution in [2.45, 2.75) is 25.7 Å². The van der Waals surface area contributed by atoms with Gasteiger partial charge in [-0.15, -0.1) is 0 Å². The summed E-state index contributed by atoms with van der Waals surface area (Å²) < 4.78 is 30.4. The number of piperidine rings is 1. The van der Waals surface area contributed by atoms with E-state index in [9.17, 15) is 8.42 Å². The maximum absolute atomic E-state index is 10.5. The van der Waals surface area contributed by atoms with Crippen molar-refractivity contribution < 1.29 is 13.0 Å². The number of nitrogens with zero attached hydrogens (tertiary/aromatic N) is 1. The number of thiocarbonyl (C=S) groups is 1. The zero-order valence-electron chi connectivity index (χ0n) is 9.09. The minimum atomic E-state index is -3.82. The first kappa shape index (κ1) is 14.2. The molecule has 7 heteroatoms. The second-order valence-electron chi connectivity index (χ2n) is 3.80. The van der Waals surface area contributed by atoms with E-state index in [0.717, 1.165) is 17.4 Å². The number of hydrogen-bond acceptors (Lipinski definition) is 4. The third kappa shape index (κ3) is 6.03. The summed E-state index contributed by atoms with van der Waals surface area (Å²) >= 11 is 6.76. The molecule has 0 aromatic rings. The molecule has 0 bridgehead atoms. The molecule has 0 spiro atoms. The van der Waals surface area contributed by atoms with Crippen LogP contribution in [0.2, 0.25) is 0 Å². The van der Waals surface area contributed by atoms with Crippen LogP contribution in [0, 0.1) is 0 Å². The average molecular weight is 283 g/mol. The fraction of sp³-hybridized carbons (Fsp3) is 0.889. The van der Waals surface area contributed by atoms with Crippen LogP contribution in [0.1, 0.15) is 25.7 Å². The summed E-state index contributed by atoms with van der Waals surface area (Å²) in [6, 6.07) is 0. The third-order valence-corrected chi connectivity index (χ3v) is 4.80. The molecule has 1 fully saturated rings. The first-order chi connectivity index (χ1) is 7.49. The summed E-state index contributed by atoms with van der Waals surface area (Å²) in [5, 5.41) is 0. The normalized spacial score (nSPS) is 17.4. The molecule has 1 N–H and O–H groups in total. The fourth-order valence-electron chi connectivity index (χ4n) is 1.57. The Morgan fingerprint density at radius 1 is 1.31 bits per heavy atom. The van der Waals surface area contributed by atoms with Crippen molar-refractivity contribution in [2.24, 2.45) is 0 Å². The van der Waals surface area contributed by atoms with Crippen LogP contribution in [0.25, 0.3) is 0 Å². The van der Waals surface area contributed by atoms with Gasteiger partial charge in [0, 0.05) is 18.8 Å². The Morgan fingerprint density at radius 3 is 2.50 bits per heavy atom. The Kier molecular flexibility index (Phi) is 6.02. The maximum Gasteiger partial charge on any atom is 0.264 e. The molecule has 4 nitrogen and oxygen atoms in total. The van der Waals surface area contributed by atoms with Gasteiger partial charge < -0.3 is 4.90 Å². The van der Waals surface area contributed by atoms with Gasteiger partial charge in [-0.3, -0.25) is 4.55 Å². The van der Waals surface area contributed by atoms with Gasteiger partial charge in [0.05, 0.1) is 5.75 Å². The van der Waals surface area contributed by atoms with Crippen molar-refractivity contribution >= 4 is 38.4 Å². The van der Waals surface area contributed by atoms with E-state index in [0.29, 0.717) is 12.2 Å². The largest absolute Gasteiger partial charge is 0.358 e. The van der Waals surface area contributed by atoms with Gasteiger partial charge in [-0.1, -0.05) is 24.0 Å². The summed E-state index contributed by atoms with van der Waals surface area (Å²) in [4.78, 5) is 2.18. The predicted octanol–water partition coefficient (Wildman–Crippen LogP) is 1.77. The van der Waals surface area contributed by atoms with E-state index in [1.807, 2.05) is 0 Å². The molecule has 0 atom stereocenters. The highest BCUT2D eigenvalue weighted by Gasteiger charge is 2.13. The zero-order chi connectivity index (χ0) is 12.0. The molecule has 0 aliphatic carbocycles. The molecule has 1 aliphatic heterocycles. The molecule has 0 radical (unpaired) electrons. The molecular weight excluding hydrogens is 266 g/mol. The lowest BCUT2D eigenvalue weighted by Gasteiger charge is -2.28. The molecule has 94 valence electrons. The molecular formula is C9H17NO3S3. The van der Waals surface area contributed by atoms with Gasteiger partial charge in [0.15, 0.2) is 0 Å². The fourth-order valence-corrected chi connectivity index (χ4v) is 3.52. The molecule has 16 heavy (non-hydrogen) atoms. The van der Waals surface area contributed by atoms with Crippen LogP contribution in [0.15, 0.2) is 0 Å². The SMILES string of the molecule is O=S(=O)(O)CCCSC(=S)N1CCCCC1. The number of rotatable bonds is 4. The van der Waals surface area contributed by atoms with Crippen molar-refractivity contribution in [1.29, 1.82) is 0 Å². The summed E-state index contributed by atoms with van der Waals surface area (Å²) in [5.74, 6) is 0.470. The lowest BCUT2D eigenvalue weighted by molar-refractivity contribution is 0.352. The number of hydrogen-bond donors (Lipinski definition) is 1. The molecule has 0 unspecified atom stereocenters. The minimum absolute atomic E-state index is 0.178. The van der Waals surface area contributed by atoms with Crippen LogP contribution in [-0.4, -0.2) is 46.8 Å². The topological polar surface area (TPSA) is 57.6 Å². The van der Waals surface area contributed by atoms with E-state index in [1.165, 1.54) is 31.0 Å². The molecule has 1 rings (SSSR count). The Bertz CT molecular complexity index is 323. The van der Waals surface area contributed by atoms with E-state index in [2.05, 4.69) is 4.90 Å². The summed E-state index contributed by atoms with van der Waals surface area (Å²) in [5.41, 5.74) is 0. The van der Waals surface area contributed by atoms with E-state index in [4.69, 9.17) is 16.8 Å². The van der Waals surface area contributed by atoms with Crippen LogP contribution >= 0.6 is 24.0 Å². The lowest BCUT2D eigenvalue weighted by atomic mass is 10.1. The quantitative estimate of drug-likeness (QED) is 0.482.